The summed E-state index contributed by atoms with van der Waals surface area (Å²) in [5.74, 6) is 0.933. The molecule has 0 aliphatic rings. The summed E-state index contributed by atoms with van der Waals surface area (Å²) in [5, 5.41) is 0. The average molecular weight is 267 g/mol. The fraction of sp³-hybridized carbons (Fsp3) is 0.625. The quantitative estimate of drug-likeness (QED) is 0.736. The largest absolute Gasteiger partial charge is 0.493 e. The number of hydrogen-bond acceptors (Lipinski definition) is 2. The molecule has 1 aromatic rings. The first-order valence-corrected chi connectivity index (χ1v) is 7.31. The number of hydrogen-bond donors (Lipinski definition) is 1. The molecule has 0 bridgehead atoms. The maximum absolute atomic E-state index is 13.4. The predicted octanol–water partition coefficient (Wildman–Crippen LogP) is 3.92. The van der Waals surface area contributed by atoms with E-state index in [2.05, 4.69) is 13.8 Å². The van der Waals surface area contributed by atoms with E-state index >= 15 is 0 Å². The first kappa shape index (κ1) is 16.0. The van der Waals surface area contributed by atoms with Crippen LogP contribution in [0.25, 0.3) is 0 Å². The number of benzene rings is 1. The highest BCUT2D eigenvalue weighted by Gasteiger charge is 2.08. The maximum Gasteiger partial charge on any atom is 0.127 e. The van der Waals surface area contributed by atoms with E-state index in [0.717, 1.165) is 12.0 Å². The van der Waals surface area contributed by atoms with Gasteiger partial charge in [0.15, 0.2) is 0 Å². The topological polar surface area (TPSA) is 35.2 Å². The molecule has 1 aromatic carbocycles. The van der Waals surface area contributed by atoms with E-state index in [9.17, 15) is 4.39 Å². The van der Waals surface area contributed by atoms with Gasteiger partial charge in [-0.2, -0.15) is 0 Å². The molecule has 0 radical (unpaired) electrons. The second kappa shape index (κ2) is 8.92. The molecule has 0 saturated heterocycles. The van der Waals surface area contributed by atoms with Crippen molar-refractivity contribution in [1.29, 1.82) is 0 Å². The minimum Gasteiger partial charge on any atom is -0.493 e. The Kier molecular flexibility index (Phi) is 7.49. The monoisotopic (exact) mass is 267 g/mol. The van der Waals surface area contributed by atoms with Crippen LogP contribution in [0.2, 0.25) is 0 Å². The minimum atomic E-state index is -0.248. The third-order valence-electron chi connectivity index (χ3n) is 3.39. The van der Waals surface area contributed by atoms with E-state index in [0.29, 0.717) is 31.2 Å². The van der Waals surface area contributed by atoms with Crippen LogP contribution in [0.1, 0.15) is 45.1 Å². The molecule has 0 aromatic heterocycles. The van der Waals surface area contributed by atoms with Gasteiger partial charge in [-0.05, 0) is 43.0 Å². The lowest BCUT2D eigenvalue weighted by molar-refractivity contribution is 0.232. The molecule has 1 atom stereocenters. The van der Waals surface area contributed by atoms with Crippen molar-refractivity contribution in [3.63, 3.8) is 0 Å². The van der Waals surface area contributed by atoms with Crippen LogP contribution in [0.4, 0.5) is 4.39 Å². The van der Waals surface area contributed by atoms with Gasteiger partial charge in [-0.3, -0.25) is 0 Å². The second-order valence-electron chi connectivity index (χ2n) is 5.06. The SMILES string of the molecule is CCCCC(CC)COc1cc(F)cc(CCN)c1. The van der Waals surface area contributed by atoms with Gasteiger partial charge in [-0.15, -0.1) is 0 Å². The standard InChI is InChI=1S/C16H26FNO/c1-3-5-6-13(4-2)12-19-16-10-14(7-8-18)9-15(17)11-16/h9-11,13H,3-8,12,18H2,1-2H3. The van der Waals surface area contributed by atoms with Crippen molar-refractivity contribution in [2.24, 2.45) is 11.7 Å². The normalized spacial score (nSPS) is 12.4. The molecule has 2 nitrogen and oxygen atoms in total. The van der Waals surface area contributed by atoms with Crippen molar-refractivity contribution in [1.82, 2.24) is 0 Å². The van der Waals surface area contributed by atoms with Crippen LogP contribution in [0, 0.1) is 11.7 Å². The van der Waals surface area contributed by atoms with Crippen LogP contribution in [0.3, 0.4) is 0 Å². The Morgan fingerprint density at radius 3 is 2.68 bits per heavy atom. The Balaban J connectivity index is 2.55. The zero-order valence-electron chi connectivity index (χ0n) is 12.1. The molecule has 0 heterocycles. The first-order valence-electron chi connectivity index (χ1n) is 7.31. The van der Waals surface area contributed by atoms with Crippen LogP contribution in [-0.4, -0.2) is 13.2 Å². The van der Waals surface area contributed by atoms with Crippen LogP contribution in [0.5, 0.6) is 5.75 Å². The summed E-state index contributed by atoms with van der Waals surface area (Å²) in [7, 11) is 0. The molecule has 1 rings (SSSR count). The Labute approximate surface area is 116 Å². The smallest absolute Gasteiger partial charge is 0.127 e. The van der Waals surface area contributed by atoms with Crippen molar-refractivity contribution in [3.8, 4) is 5.75 Å². The molecule has 3 heteroatoms. The van der Waals surface area contributed by atoms with E-state index in [1.165, 1.54) is 31.4 Å². The second-order valence-corrected chi connectivity index (χ2v) is 5.06. The lowest BCUT2D eigenvalue weighted by atomic mass is 10.0. The van der Waals surface area contributed by atoms with E-state index in [1.807, 2.05) is 6.07 Å². The number of nitrogens with two attached hydrogens (primary N) is 1. The summed E-state index contributed by atoms with van der Waals surface area (Å²) in [6.07, 6.45) is 5.39. The van der Waals surface area contributed by atoms with Crippen LogP contribution >= 0.6 is 0 Å². The third-order valence-corrected chi connectivity index (χ3v) is 3.39. The maximum atomic E-state index is 13.4. The Hall–Kier alpha value is -1.09. The molecule has 2 N–H and O–H groups in total. The van der Waals surface area contributed by atoms with Gasteiger partial charge in [-0.25, -0.2) is 4.39 Å². The highest BCUT2D eigenvalue weighted by Crippen LogP contribution is 2.19. The van der Waals surface area contributed by atoms with Crippen molar-refractivity contribution in [2.75, 3.05) is 13.2 Å². The third kappa shape index (κ3) is 6.06. The summed E-state index contributed by atoms with van der Waals surface area (Å²) >= 11 is 0. The number of unbranched alkanes of at least 4 members (excludes halogenated alkanes) is 1. The van der Waals surface area contributed by atoms with Crippen molar-refractivity contribution >= 4 is 0 Å². The summed E-state index contributed by atoms with van der Waals surface area (Å²) in [4.78, 5) is 0. The number of rotatable bonds is 9. The molecule has 0 amide bonds. The highest BCUT2D eigenvalue weighted by molar-refractivity contribution is 5.29. The Morgan fingerprint density at radius 2 is 2.05 bits per heavy atom. The van der Waals surface area contributed by atoms with Crippen LogP contribution < -0.4 is 10.5 Å². The van der Waals surface area contributed by atoms with Gasteiger partial charge in [-0.1, -0.05) is 33.1 Å². The highest BCUT2D eigenvalue weighted by atomic mass is 19.1. The molecule has 0 aliphatic heterocycles. The predicted molar refractivity (Wildman–Crippen MR) is 78.0 cm³/mol. The minimum absolute atomic E-state index is 0.248. The van der Waals surface area contributed by atoms with E-state index < -0.39 is 0 Å². The van der Waals surface area contributed by atoms with Crippen molar-refractivity contribution < 1.29 is 9.13 Å². The van der Waals surface area contributed by atoms with E-state index in [1.54, 1.807) is 0 Å². The molecular weight excluding hydrogens is 241 g/mol. The van der Waals surface area contributed by atoms with Crippen molar-refractivity contribution in [3.05, 3.63) is 29.6 Å². The van der Waals surface area contributed by atoms with Gasteiger partial charge in [0.1, 0.15) is 11.6 Å². The number of halogens is 1. The molecule has 0 aliphatic carbocycles. The lowest BCUT2D eigenvalue weighted by Crippen LogP contribution is -2.11. The first-order chi connectivity index (χ1) is 9.19. The van der Waals surface area contributed by atoms with Crippen LogP contribution in [-0.2, 0) is 6.42 Å². The molecule has 1 unspecified atom stereocenters. The zero-order chi connectivity index (χ0) is 14.1. The van der Waals surface area contributed by atoms with Crippen molar-refractivity contribution in [2.45, 2.75) is 46.0 Å². The van der Waals surface area contributed by atoms with Gasteiger partial charge in [0.05, 0.1) is 6.61 Å². The summed E-state index contributed by atoms with van der Waals surface area (Å²) in [6.45, 7) is 5.56. The van der Waals surface area contributed by atoms with Gasteiger partial charge in [0.25, 0.3) is 0 Å². The number of ether oxygens (including phenoxy) is 1. The summed E-state index contributed by atoms with van der Waals surface area (Å²) in [6, 6.07) is 4.86. The zero-order valence-corrected chi connectivity index (χ0v) is 12.1. The summed E-state index contributed by atoms with van der Waals surface area (Å²) < 4.78 is 19.2. The van der Waals surface area contributed by atoms with E-state index in [4.69, 9.17) is 10.5 Å². The lowest BCUT2D eigenvalue weighted by Gasteiger charge is -2.16. The Morgan fingerprint density at radius 1 is 1.26 bits per heavy atom. The summed E-state index contributed by atoms with van der Waals surface area (Å²) in [5.41, 5.74) is 6.40. The molecule has 0 fully saturated rings. The molecule has 108 valence electrons. The molecule has 19 heavy (non-hydrogen) atoms. The van der Waals surface area contributed by atoms with Gasteiger partial charge in [0, 0.05) is 6.07 Å². The fourth-order valence-corrected chi connectivity index (χ4v) is 2.13. The Bertz CT molecular complexity index is 368. The molecule has 0 saturated carbocycles. The van der Waals surface area contributed by atoms with Gasteiger partial charge in [0.2, 0.25) is 0 Å². The van der Waals surface area contributed by atoms with Gasteiger partial charge >= 0.3 is 0 Å². The van der Waals surface area contributed by atoms with E-state index in [-0.39, 0.29) is 5.82 Å². The van der Waals surface area contributed by atoms with Gasteiger partial charge < -0.3 is 10.5 Å². The average Bonchev–Trinajstić information content (AvgIpc) is 2.39. The molecular formula is C16H26FNO. The van der Waals surface area contributed by atoms with Crippen LogP contribution in [0.15, 0.2) is 18.2 Å². The fourth-order valence-electron chi connectivity index (χ4n) is 2.13. The molecule has 0 spiro atoms.